The predicted octanol–water partition coefficient (Wildman–Crippen LogP) is 1.37. The number of benzene rings is 1. The zero-order valence-corrected chi connectivity index (χ0v) is 11.7. The summed E-state index contributed by atoms with van der Waals surface area (Å²) in [7, 11) is 1.79. The lowest BCUT2D eigenvalue weighted by atomic mass is 10.1. The highest BCUT2D eigenvalue weighted by Gasteiger charge is 2.22. The molecule has 106 valence electrons. The molecule has 1 aliphatic heterocycles. The van der Waals surface area contributed by atoms with Gasteiger partial charge in [-0.25, -0.2) is 4.79 Å². The van der Waals surface area contributed by atoms with Crippen molar-refractivity contribution >= 4 is 23.6 Å². The summed E-state index contributed by atoms with van der Waals surface area (Å²) in [5.41, 5.74) is 2.78. The number of carbonyl (C=O) groups is 2. The largest absolute Gasteiger partial charge is 0.478 e. The molecule has 0 saturated carbocycles. The standard InChI is InChI=1S/C15H18N2O3/c1-11-3-5-13(12(9-11)4-6-15(19)20)17-8-7-16(2)14(18)10-17/h3-6,9H,7-8,10H2,1-2H3,(H,19,20)/b6-4+. The maximum atomic E-state index is 11.8. The molecule has 1 fully saturated rings. The second kappa shape index (κ2) is 5.77. The molecule has 5 nitrogen and oxygen atoms in total. The molecule has 1 aromatic rings. The number of amides is 1. The van der Waals surface area contributed by atoms with E-state index in [2.05, 4.69) is 0 Å². The number of piperazine rings is 1. The molecular weight excluding hydrogens is 256 g/mol. The second-order valence-electron chi connectivity index (χ2n) is 4.97. The number of hydrogen-bond acceptors (Lipinski definition) is 3. The monoisotopic (exact) mass is 274 g/mol. The van der Waals surface area contributed by atoms with Crippen LogP contribution in [0.4, 0.5) is 5.69 Å². The van der Waals surface area contributed by atoms with E-state index in [-0.39, 0.29) is 5.91 Å². The molecule has 1 amide bonds. The van der Waals surface area contributed by atoms with E-state index < -0.39 is 5.97 Å². The van der Waals surface area contributed by atoms with Crippen LogP contribution in [0, 0.1) is 6.92 Å². The molecule has 1 N–H and O–H groups in total. The van der Waals surface area contributed by atoms with E-state index in [0.29, 0.717) is 13.1 Å². The molecule has 1 aromatic carbocycles. The van der Waals surface area contributed by atoms with Crippen molar-refractivity contribution in [2.75, 3.05) is 31.6 Å². The van der Waals surface area contributed by atoms with Crippen molar-refractivity contribution in [1.29, 1.82) is 0 Å². The molecule has 20 heavy (non-hydrogen) atoms. The van der Waals surface area contributed by atoms with Gasteiger partial charge in [0.05, 0.1) is 6.54 Å². The van der Waals surface area contributed by atoms with Crippen molar-refractivity contribution in [1.82, 2.24) is 4.90 Å². The Morgan fingerprint density at radius 3 is 2.75 bits per heavy atom. The van der Waals surface area contributed by atoms with E-state index in [1.54, 1.807) is 18.0 Å². The second-order valence-corrected chi connectivity index (χ2v) is 4.97. The maximum absolute atomic E-state index is 11.8. The van der Waals surface area contributed by atoms with Gasteiger partial charge in [-0.1, -0.05) is 11.6 Å². The first-order valence-corrected chi connectivity index (χ1v) is 6.48. The number of anilines is 1. The Morgan fingerprint density at radius 1 is 1.35 bits per heavy atom. The van der Waals surface area contributed by atoms with E-state index in [1.807, 2.05) is 30.0 Å². The van der Waals surface area contributed by atoms with Crippen LogP contribution in [0.25, 0.3) is 6.08 Å². The van der Waals surface area contributed by atoms with Gasteiger partial charge in [0.1, 0.15) is 0 Å². The van der Waals surface area contributed by atoms with Gasteiger partial charge in [-0.2, -0.15) is 0 Å². The summed E-state index contributed by atoms with van der Waals surface area (Å²) < 4.78 is 0. The first-order valence-electron chi connectivity index (χ1n) is 6.48. The minimum absolute atomic E-state index is 0.0741. The lowest BCUT2D eigenvalue weighted by molar-refractivity contribution is -0.131. The Morgan fingerprint density at radius 2 is 2.10 bits per heavy atom. The van der Waals surface area contributed by atoms with E-state index in [9.17, 15) is 9.59 Å². The zero-order valence-electron chi connectivity index (χ0n) is 11.7. The number of carboxylic acid groups (broad SMARTS) is 1. The van der Waals surface area contributed by atoms with Crippen LogP contribution in [0.2, 0.25) is 0 Å². The molecule has 2 rings (SSSR count). The van der Waals surface area contributed by atoms with Crippen molar-refractivity contribution in [3.05, 3.63) is 35.4 Å². The van der Waals surface area contributed by atoms with Crippen LogP contribution in [0.15, 0.2) is 24.3 Å². The van der Waals surface area contributed by atoms with Crippen molar-refractivity contribution in [2.24, 2.45) is 0 Å². The number of aliphatic carboxylic acids is 1. The van der Waals surface area contributed by atoms with E-state index in [0.717, 1.165) is 29.4 Å². The molecular formula is C15H18N2O3. The van der Waals surface area contributed by atoms with Gasteiger partial charge in [0, 0.05) is 31.9 Å². The first-order chi connectivity index (χ1) is 9.47. The van der Waals surface area contributed by atoms with Crippen molar-refractivity contribution in [3.63, 3.8) is 0 Å². The molecule has 0 spiro atoms. The lowest BCUT2D eigenvalue weighted by Crippen LogP contribution is -2.48. The molecule has 0 unspecified atom stereocenters. The number of hydrogen-bond donors (Lipinski definition) is 1. The summed E-state index contributed by atoms with van der Waals surface area (Å²) in [6.07, 6.45) is 2.70. The maximum Gasteiger partial charge on any atom is 0.328 e. The molecule has 0 aromatic heterocycles. The molecule has 1 heterocycles. The number of rotatable bonds is 3. The topological polar surface area (TPSA) is 60.9 Å². The molecule has 0 bridgehead atoms. The smallest absolute Gasteiger partial charge is 0.328 e. The van der Waals surface area contributed by atoms with Crippen molar-refractivity contribution in [2.45, 2.75) is 6.92 Å². The quantitative estimate of drug-likeness (QED) is 0.846. The number of likely N-dealkylation sites (N-methyl/N-ethyl adjacent to an activating group) is 1. The van der Waals surface area contributed by atoms with Gasteiger partial charge in [0.15, 0.2) is 0 Å². The summed E-state index contributed by atoms with van der Waals surface area (Å²) >= 11 is 0. The molecule has 1 aliphatic rings. The Bertz CT molecular complexity index is 566. The first kappa shape index (κ1) is 14.1. The summed E-state index contributed by atoms with van der Waals surface area (Å²) in [5.74, 6) is -0.906. The van der Waals surface area contributed by atoms with Crippen molar-refractivity contribution < 1.29 is 14.7 Å². The number of carbonyl (C=O) groups excluding carboxylic acids is 1. The molecule has 0 aliphatic carbocycles. The van der Waals surface area contributed by atoms with E-state index >= 15 is 0 Å². The molecule has 0 atom stereocenters. The summed E-state index contributed by atoms with van der Waals surface area (Å²) in [5, 5.41) is 8.76. The van der Waals surface area contributed by atoms with Gasteiger partial charge in [-0.05, 0) is 30.7 Å². The number of aryl methyl sites for hydroxylation is 1. The predicted molar refractivity (Wildman–Crippen MR) is 77.7 cm³/mol. The van der Waals surface area contributed by atoms with Gasteiger partial charge >= 0.3 is 5.97 Å². The lowest BCUT2D eigenvalue weighted by Gasteiger charge is -2.34. The van der Waals surface area contributed by atoms with Crippen LogP contribution in [0.3, 0.4) is 0 Å². The SMILES string of the molecule is Cc1ccc(N2CCN(C)C(=O)C2)c(/C=C/C(=O)O)c1. The number of carboxylic acids is 1. The van der Waals surface area contributed by atoms with Crippen LogP contribution >= 0.6 is 0 Å². The third-order valence-corrected chi connectivity index (χ3v) is 3.39. The third-order valence-electron chi connectivity index (χ3n) is 3.39. The van der Waals surface area contributed by atoms with E-state index in [1.165, 1.54) is 0 Å². The van der Waals surface area contributed by atoms with Gasteiger partial charge < -0.3 is 14.9 Å². The summed E-state index contributed by atoms with van der Waals surface area (Å²) in [4.78, 5) is 26.2. The normalized spacial score (nSPS) is 16.0. The highest BCUT2D eigenvalue weighted by Crippen LogP contribution is 2.24. The Balaban J connectivity index is 2.31. The summed E-state index contributed by atoms with van der Waals surface area (Å²) in [6, 6.07) is 5.84. The average Bonchev–Trinajstić information content (AvgIpc) is 2.40. The van der Waals surface area contributed by atoms with Gasteiger partial charge in [0.25, 0.3) is 0 Å². The van der Waals surface area contributed by atoms with Crippen LogP contribution in [0.5, 0.6) is 0 Å². The fraction of sp³-hybridized carbons (Fsp3) is 0.333. The fourth-order valence-corrected chi connectivity index (χ4v) is 2.22. The van der Waals surface area contributed by atoms with Crippen LogP contribution < -0.4 is 4.90 Å². The molecule has 5 heteroatoms. The van der Waals surface area contributed by atoms with Crippen LogP contribution in [-0.4, -0.2) is 48.6 Å². The van der Waals surface area contributed by atoms with Crippen molar-refractivity contribution in [3.8, 4) is 0 Å². The number of nitrogens with zero attached hydrogens (tertiary/aromatic N) is 2. The van der Waals surface area contributed by atoms with Gasteiger partial charge in [0.2, 0.25) is 5.91 Å². The minimum atomic E-state index is -0.980. The highest BCUT2D eigenvalue weighted by molar-refractivity contribution is 5.88. The zero-order chi connectivity index (χ0) is 14.7. The highest BCUT2D eigenvalue weighted by atomic mass is 16.4. The Kier molecular flexibility index (Phi) is 4.08. The van der Waals surface area contributed by atoms with Crippen LogP contribution in [0.1, 0.15) is 11.1 Å². The Hall–Kier alpha value is -2.30. The van der Waals surface area contributed by atoms with E-state index in [4.69, 9.17) is 5.11 Å². The van der Waals surface area contributed by atoms with Gasteiger partial charge in [-0.3, -0.25) is 4.79 Å². The molecule has 1 saturated heterocycles. The summed E-state index contributed by atoms with van der Waals surface area (Å²) in [6.45, 7) is 3.71. The molecule has 0 radical (unpaired) electrons. The fourth-order valence-electron chi connectivity index (χ4n) is 2.22. The minimum Gasteiger partial charge on any atom is -0.478 e. The third kappa shape index (κ3) is 3.17. The van der Waals surface area contributed by atoms with Crippen LogP contribution in [-0.2, 0) is 9.59 Å². The average molecular weight is 274 g/mol. The van der Waals surface area contributed by atoms with Gasteiger partial charge in [-0.15, -0.1) is 0 Å². The Labute approximate surface area is 118 Å².